The van der Waals surface area contributed by atoms with Crippen LogP contribution in [0.3, 0.4) is 0 Å². The number of piperazine rings is 1. The number of fused-ring (bicyclic) bond motifs is 2. The molecule has 3 fully saturated rings. The molecule has 146 valence electrons. The van der Waals surface area contributed by atoms with Gasteiger partial charge in [0, 0.05) is 50.2 Å². The van der Waals surface area contributed by atoms with E-state index in [9.17, 15) is 9.59 Å². The first-order valence-electron chi connectivity index (χ1n) is 10.1. The maximum atomic E-state index is 12.7. The number of amides is 2. The zero-order valence-electron chi connectivity index (χ0n) is 16.0. The van der Waals surface area contributed by atoms with E-state index in [1.54, 1.807) is 13.2 Å². The highest BCUT2D eigenvalue weighted by Crippen LogP contribution is 2.33. The lowest BCUT2D eigenvalue weighted by Crippen LogP contribution is -2.51. The van der Waals surface area contributed by atoms with E-state index in [1.165, 1.54) is 12.8 Å². The van der Waals surface area contributed by atoms with E-state index in [0.29, 0.717) is 61.9 Å². The number of rotatable bonds is 4. The van der Waals surface area contributed by atoms with Crippen molar-refractivity contribution in [1.29, 1.82) is 0 Å². The summed E-state index contributed by atoms with van der Waals surface area (Å²) in [6.07, 6.45) is 5.46. The van der Waals surface area contributed by atoms with Gasteiger partial charge in [0.25, 0.3) is 5.91 Å². The minimum absolute atomic E-state index is 0.0101. The molecule has 1 N–H and O–H groups in total. The van der Waals surface area contributed by atoms with Crippen LogP contribution in [0.5, 0.6) is 5.75 Å². The highest BCUT2D eigenvalue weighted by molar-refractivity contribution is 5.94. The van der Waals surface area contributed by atoms with E-state index in [4.69, 9.17) is 4.74 Å². The van der Waals surface area contributed by atoms with Crippen LogP contribution in [-0.4, -0.2) is 67.0 Å². The number of piperidine rings is 1. The molecule has 0 saturated carbocycles. The van der Waals surface area contributed by atoms with Gasteiger partial charge in [0.2, 0.25) is 5.91 Å². The van der Waals surface area contributed by atoms with Gasteiger partial charge in [-0.15, -0.1) is 0 Å². The van der Waals surface area contributed by atoms with Gasteiger partial charge in [0.15, 0.2) is 0 Å². The van der Waals surface area contributed by atoms with Crippen molar-refractivity contribution in [3.8, 4) is 5.75 Å². The SMILES string of the molecule is COc1cccc(C(=O)N2CCN(C(=O)CC3CC4CCC(C3)N4)CC2)c1. The third-order valence-corrected chi connectivity index (χ3v) is 6.27. The molecule has 0 spiro atoms. The van der Waals surface area contributed by atoms with Gasteiger partial charge in [-0.1, -0.05) is 6.07 Å². The number of carbonyl (C=O) groups is 2. The summed E-state index contributed by atoms with van der Waals surface area (Å²) in [5.41, 5.74) is 0.638. The fraction of sp³-hybridized carbons (Fsp3) is 0.619. The van der Waals surface area contributed by atoms with E-state index in [-0.39, 0.29) is 11.8 Å². The fourth-order valence-corrected chi connectivity index (χ4v) is 4.82. The van der Waals surface area contributed by atoms with Crippen LogP contribution in [0, 0.1) is 5.92 Å². The zero-order valence-corrected chi connectivity index (χ0v) is 16.0. The van der Waals surface area contributed by atoms with E-state index < -0.39 is 0 Å². The number of benzene rings is 1. The van der Waals surface area contributed by atoms with Crippen LogP contribution in [0.1, 0.15) is 42.5 Å². The Balaban J connectivity index is 1.28. The Morgan fingerprint density at radius 1 is 1.07 bits per heavy atom. The monoisotopic (exact) mass is 371 g/mol. The minimum atomic E-state index is 0.0101. The van der Waals surface area contributed by atoms with E-state index >= 15 is 0 Å². The second-order valence-corrected chi connectivity index (χ2v) is 8.08. The van der Waals surface area contributed by atoms with Gasteiger partial charge in [-0.05, 0) is 49.8 Å². The predicted octanol–water partition coefficient (Wildman–Crippen LogP) is 1.90. The quantitative estimate of drug-likeness (QED) is 0.878. The molecule has 4 rings (SSSR count). The number of ether oxygens (including phenoxy) is 1. The first-order chi connectivity index (χ1) is 13.1. The van der Waals surface area contributed by atoms with E-state index in [2.05, 4.69) is 5.32 Å². The third kappa shape index (κ3) is 4.10. The van der Waals surface area contributed by atoms with E-state index in [0.717, 1.165) is 12.8 Å². The van der Waals surface area contributed by atoms with Crippen LogP contribution < -0.4 is 10.1 Å². The highest BCUT2D eigenvalue weighted by atomic mass is 16.5. The molecule has 1 aromatic rings. The number of nitrogens with one attached hydrogen (secondary N) is 1. The number of hydrogen-bond acceptors (Lipinski definition) is 4. The van der Waals surface area contributed by atoms with Crippen molar-refractivity contribution in [2.75, 3.05) is 33.3 Å². The lowest BCUT2D eigenvalue weighted by molar-refractivity contribution is -0.134. The zero-order chi connectivity index (χ0) is 18.8. The van der Waals surface area contributed by atoms with Crippen molar-refractivity contribution in [3.05, 3.63) is 29.8 Å². The topological polar surface area (TPSA) is 61.9 Å². The molecule has 0 aliphatic carbocycles. The van der Waals surface area contributed by atoms with Crippen LogP contribution in [-0.2, 0) is 4.79 Å². The second kappa shape index (κ2) is 7.89. The van der Waals surface area contributed by atoms with Gasteiger partial charge in [-0.2, -0.15) is 0 Å². The Hall–Kier alpha value is -2.08. The molecule has 27 heavy (non-hydrogen) atoms. The molecule has 6 nitrogen and oxygen atoms in total. The van der Waals surface area contributed by atoms with Gasteiger partial charge < -0.3 is 19.9 Å². The van der Waals surface area contributed by atoms with Gasteiger partial charge >= 0.3 is 0 Å². The Bertz CT molecular complexity index is 688. The van der Waals surface area contributed by atoms with E-state index in [1.807, 2.05) is 28.0 Å². The molecule has 3 aliphatic rings. The first-order valence-corrected chi connectivity index (χ1v) is 10.1. The molecule has 0 radical (unpaired) electrons. The maximum absolute atomic E-state index is 12.7. The van der Waals surface area contributed by atoms with Gasteiger partial charge in [0.1, 0.15) is 5.75 Å². The Morgan fingerprint density at radius 2 is 1.74 bits per heavy atom. The van der Waals surface area contributed by atoms with Crippen molar-refractivity contribution < 1.29 is 14.3 Å². The smallest absolute Gasteiger partial charge is 0.254 e. The highest BCUT2D eigenvalue weighted by Gasteiger charge is 2.35. The van der Waals surface area contributed by atoms with Crippen LogP contribution in [0.2, 0.25) is 0 Å². The molecule has 2 bridgehead atoms. The number of carbonyl (C=O) groups excluding carboxylic acids is 2. The average Bonchev–Trinajstić information content (AvgIpc) is 3.05. The Labute approximate surface area is 160 Å². The molecule has 1 aromatic carbocycles. The maximum Gasteiger partial charge on any atom is 0.254 e. The van der Waals surface area contributed by atoms with Crippen molar-refractivity contribution in [3.63, 3.8) is 0 Å². The number of hydrogen-bond donors (Lipinski definition) is 1. The Kier molecular flexibility index (Phi) is 5.34. The van der Waals surface area contributed by atoms with Crippen molar-refractivity contribution in [2.45, 2.75) is 44.2 Å². The van der Waals surface area contributed by atoms with Crippen molar-refractivity contribution >= 4 is 11.8 Å². The molecule has 2 atom stereocenters. The van der Waals surface area contributed by atoms with Gasteiger partial charge in [0.05, 0.1) is 7.11 Å². The largest absolute Gasteiger partial charge is 0.497 e. The Morgan fingerprint density at radius 3 is 2.41 bits per heavy atom. The third-order valence-electron chi connectivity index (χ3n) is 6.27. The molecular formula is C21H29N3O3. The molecule has 3 saturated heterocycles. The van der Waals surface area contributed by atoms with Crippen molar-refractivity contribution in [2.24, 2.45) is 5.92 Å². The van der Waals surface area contributed by atoms with Gasteiger partial charge in [-0.25, -0.2) is 0 Å². The lowest BCUT2D eigenvalue weighted by Gasteiger charge is -2.36. The lowest BCUT2D eigenvalue weighted by atomic mass is 9.89. The van der Waals surface area contributed by atoms with Gasteiger partial charge in [-0.3, -0.25) is 9.59 Å². The normalized spacial score (nSPS) is 27.5. The molecule has 6 heteroatoms. The van der Waals surface area contributed by atoms with Crippen LogP contribution in [0.25, 0.3) is 0 Å². The summed E-state index contributed by atoms with van der Waals surface area (Å²) in [5.74, 6) is 1.48. The molecule has 3 heterocycles. The summed E-state index contributed by atoms with van der Waals surface area (Å²) in [7, 11) is 1.60. The van der Waals surface area contributed by atoms with Crippen LogP contribution in [0.4, 0.5) is 0 Å². The second-order valence-electron chi connectivity index (χ2n) is 8.08. The van der Waals surface area contributed by atoms with Crippen molar-refractivity contribution in [1.82, 2.24) is 15.1 Å². The molecule has 2 unspecified atom stereocenters. The molecule has 2 amide bonds. The standard InChI is InChI=1S/C21H29N3O3/c1-27-19-4-2-3-16(14-19)21(26)24-9-7-23(8-10-24)20(25)13-15-11-17-5-6-18(12-15)22-17/h2-4,14-15,17-18,22H,5-13H2,1H3. The number of methoxy groups -OCH3 is 1. The summed E-state index contributed by atoms with van der Waals surface area (Å²) in [6, 6.07) is 8.50. The molecule has 0 aromatic heterocycles. The average molecular weight is 371 g/mol. The predicted molar refractivity (Wildman–Crippen MR) is 103 cm³/mol. The summed E-state index contributed by atoms with van der Waals surface area (Å²) < 4.78 is 5.20. The van der Waals surface area contributed by atoms with Crippen LogP contribution >= 0.6 is 0 Å². The summed E-state index contributed by atoms with van der Waals surface area (Å²) in [6.45, 7) is 2.46. The fourth-order valence-electron chi connectivity index (χ4n) is 4.82. The molecular weight excluding hydrogens is 342 g/mol. The summed E-state index contributed by atoms with van der Waals surface area (Å²) >= 11 is 0. The minimum Gasteiger partial charge on any atom is -0.497 e. The number of nitrogens with zero attached hydrogens (tertiary/aromatic N) is 2. The van der Waals surface area contributed by atoms with Crippen LogP contribution in [0.15, 0.2) is 24.3 Å². The summed E-state index contributed by atoms with van der Waals surface area (Å²) in [4.78, 5) is 29.2. The molecule has 3 aliphatic heterocycles. The summed E-state index contributed by atoms with van der Waals surface area (Å²) in [5, 5.41) is 3.64. The first kappa shape index (κ1) is 18.3.